The summed E-state index contributed by atoms with van der Waals surface area (Å²) in [5, 5.41) is 0. The molecule has 0 aliphatic heterocycles. The van der Waals surface area contributed by atoms with Gasteiger partial charge in [0.25, 0.3) is 0 Å². The topological polar surface area (TPSA) is 3.24 Å². The van der Waals surface area contributed by atoms with E-state index in [4.69, 9.17) is 9.60 Å². The third-order valence-corrected chi connectivity index (χ3v) is 1.84. The van der Waals surface area contributed by atoms with Gasteiger partial charge in [-0.3, -0.25) is 4.90 Å². The van der Waals surface area contributed by atoms with Crippen LogP contribution < -0.4 is 0 Å². The quantitative estimate of drug-likeness (QED) is 0.664. The van der Waals surface area contributed by atoms with Crippen LogP contribution in [-0.4, -0.2) is 24.5 Å². The van der Waals surface area contributed by atoms with Crippen LogP contribution in [0.25, 0.3) is 0 Å². The molecule has 1 nitrogen and oxygen atoms in total. The second-order valence-electron chi connectivity index (χ2n) is 2.90. The first kappa shape index (κ1) is 4.51. The summed E-state index contributed by atoms with van der Waals surface area (Å²) in [5.74, 6) is 1.99. The molecule has 0 amide bonds. The molecule has 0 heterocycles. The first-order valence-corrected chi connectivity index (χ1v) is 4.26. The molecular formula is C13H17N. The van der Waals surface area contributed by atoms with E-state index < -0.39 is 19.4 Å². The minimum Gasteiger partial charge on any atom is -0.292 e. The van der Waals surface area contributed by atoms with Gasteiger partial charge in [0.1, 0.15) is 1.37 Å². The Morgan fingerprint density at radius 2 is 2.50 bits per heavy atom. The van der Waals surface area contributed by atoms with Gasteiger partial charge in [-0.2, -0.15) is 0 Å². The Morgan fingerprint density at radius 1 is 1.71 bits per heavy atom. The molecule has 0 bridgehead atoms. The molecule has 0 saturated heterocycles. The van der Waals surface area contributed by atoms with E-state index in [1.165, 1.54) is 7.05 Å². The number of hydrogen-bond donors (Lipinski definition) is 0. The minimum absolute atomic E-state index is 0.181. The van der Waals surface area contributed by atoms with Crippen molar-refractivity contribution < 1.29 is 9.60 Å². The maximum Gasteiger partial charge on any atom is 0.124 e. The van der Waals surface area contributed by atoms with Gasteiger partial charge < -0.3 is 0 Å². The third kappa shape index (κ3) is 3.24. The Labute approximate surface area is 96.6 Å². The fraction of sp³-hybridized carbons (Fsp3) is 0.385. The largest absolute Gasteiger partial charge is 0.292 e. The molecule has 0 unspecified atom stereocenters. The molecule has 74 valence electrons. The highest BCUT2D eigenvalue weighted by atomic mass is 15.1. The van der Waals surface area contributed by atoms with Crippen LogP contribution >= 0.6 is 0 Å². The van der Waals surface area contributed by atoms with Crippen molar-refractivity contribution in [3.05, 3.63) is 35.9 Å². The average Bonchev–Trinajstić information content (AvgIpc) is 2.37. The molecule has 0 aliphatic rings. The van der Waals surface area contributed by atoms with Crippen LogP contribution in [0.1, 0.15) is 22.0 Å². The number of hydrogen-bond acceptors (Lipinski definition) is 1. The summed E-state index contributed by atoms with van der Waals surface area (Å²) in [7, 11) is 1.20. The smallest absolute Gasteiger partial charge is 0.124 e. The predicted octanol–water partition coefficient (Wildman–Crippen LogP) is 2.18. The van der Waals surface area contributed by atoms with Crippen molar-refractivity contribution in [3.63, 3.8) is 0 Å². The second-order valence-corrected chi connectivity index (χ2v) is 2.90. The zero-order chi connectivity index (χ0) is 16.3. The number of likely N-dealkylation sites (N-methyl/N-ethyl adjacent to an activating group) is 1. The van der Waals surface area contributed by atoms with Gasteiger partial charge in [-0.05, 0) is 25.9 Å². The lowest BCUT2D eigenvalue weighted by Crippen LogP contribution is -2.31. The summed E-state index contributed by atoms with van der Waals surface area (Å²) in [4.78, 5) is 0.765. The summed E-state index contributed by atoms with van der Waals surface area (Å²) >= 11 is 0. The van der Waals surface area contributed by atoms with E-state index in [0.717, 1.165) is 4.90 Å². The molecule has 1 aromatic carbocycles. The van der Waals surface area contributed by atoms with Crippen molar-refractivity contribution in [1.82, 2.24) is 4.90 Å². The Bertz CT molecular complexity index is 529. The number of terminal acetylenes is 1. The summed E-state index contributed by atoms with van der Waals surface area (Å²) in [6.07, 6.45) is 1.51. The molecule has 1 heteroatoms. The van der Waals surface area contributed by atoms with Gasteiger partial charge in [0.2, 0.25) is 0 Å². The minimum atomic E-state index is -2.74. The first-order chi connectivity index (χ1) is 9.54. The number of benzene rings is 1. The van der Waals surface area contributed by atoms with Crippen LogP contribution in [0, 0.1) is 12.3 Å². The van der Waals surface area contributed by atoms with E-state index in [-0.39, 0.29) is 6.42 Å². The first-order valence-electron chi connectivity index (χ1n) is 7.76. The molecule has 0 radical (unpaired) electrons. The van der Waals surface area contributed by atoms with Crippen LogP contribution in [0.15, 0.2) is 30.3 Å². The Morgan fingerprint density at radius 3 is 3.14 bits per heavy atom. The number of nitrogens with zero attached hydrogens (tertiary/aromatic N) is 1. The van der Waals surface area contributed by atoms with Crippen molar-refractivity contribution in [2.75, 3.05) is 13.5 Å². The van der Waals surface area contributed by atoms with E-state index in [1.807, 2.05) is 5.92 Å². The number of rotatable bonds is 4. The lowest BCUT2D eigenvalue weighted by Gasteiger charge is -2.22. The van der Waals surface area contributed by atoms with Crippen molar-refractivity contribution in [2.45, 2.75) is 19.3 Å². The Kier molecular flexibility index (Phi) is 1.76. The molecule has 14 heavy (non-hydrogen) atoms. The highest BCUT2D eigenvalue weighted by molar-refractivity contribution is 5.15. The van der Waals surface area contributed by atoms with Crippen molar-refractivity contribution >= 4 is 0 Å². The van der Waals surface area contributed by atoms with E-state index >= 15 is 0 Å². The van der Waals surface area contributed by atoms with Crippen molar-refractivity contribution in [1.29, 1.82) is 0 Å². The van der Waals surface area contributed by atoms with E-state index in [2.05, 4.69) is 0 Å². The summed E-state index contributed by atoms with van der Waals surface area (Å²) in [6.45, 7) is -5.12. The zero-order valence-electron chi connectivity index (χ0n) is 15.0. The molecule has 1 atom stereocenters. The normalized spacial score (nSPS) is 23.4. The summed E-state index contributed by atoms with van der Waals surface area (Å²) in [5.41, 5.74) is 0.616. The third-order valence-electron chi connectivity index (χ3n) is 1.84. The van der Waals surface area contributed by atoms with Crippen LogP contribution in [0.2, 0.25) is 0 Å². The molecule has 0 N–H and O–H groups in total. The molecule has 1 aromatic rings. The molecular weight excluding hydrogens is 170 g/mol. The van der Waals surface area contributed by atoms with Gasteiger partial charge in [0.15, 0.2) is 0 Å². The van der Waals surface area contributed by atoms with Gasteiger partial charge in [0, 0.05) is 11.5 Å². The van der Waals surface area contributed by atoms with Crippen LogP contribution in [-0.2, 0) is 6.42 Å². The molecule has 0 aliphatic carbocycles. The molecule has 0 spiro atoms. The monoisotopic (exact) mass is 194 g/mol. The lowest BCUT2D eigenvalue weighted by molar-refractivity contribution is 0.287. The van der Waals surface area contributed by atoms with Crippen LogP contribution in [0.3, 0.4) is 0 Å². The van der Waals surface area contributed by atoms with Gasteiger partial charge in [-0.25, -0.2) is 0 Å². The van der Waals surface area contributed by atoms with Gasteiger partial charge in [-0.1, -0.05) is 36.3 Å². The maximum absolute atomic E-state index is 8.34. The average molecular weight is 194 g/mol. The van der Waals surface area contributed by atoms with E-state index in [9.17, 15) is 0 Å². The maximum atomic E-state index is 8.34. The SMILES string of the molecule is [2H]C#CC([2H])([2H])N(C)[C@@]([2H])(Cc1ccccc1)C([2H])([2H])[2H]. The zero-order valence-corrected chi connectivity index (χ0v) is 8.04. The summed E-state index contributed by atoms with van der Waals surface area (Å²) in [6, 6.07) is 6.42. The van der Waals surface area contributed by atoms with Gasteiger partial charge >= 0.3 is 0 Å². The summed E-state index contributed by atoms with van der Waals surface area (Å²) < 4.78 is 53.5. The highest BCUT2D eigenvalue weighted by Gasteiger charge is 2.07. The van der Waals surface area contributed by atoms with Crippen molar-refractivity contribution in [3.8, 4) is 12.3 Å². The van der Waals surface area contributed by atoms with Gasteiger partial charge in [0.05, 0.1) is 9.24 Å². The van der Waals surface area contributed by atoms with Crippen LogP contribution in [0.5, 0.6) is 0 Å². The lowest BCUT2D eigenvalue weighted by atomic mass is 10.1. The predicted molar refractivity (Wildman–Crippen MR) is 61.1 cm³/mol. The van der Waals surface area contributed by atoms with Crippen LogP contribution in [0.4, 0.5) is 0 Å². The highest BCUT2D eigenvalue weighted by Crippen LogP contribution is 2.06. The molecule has 0 saturated carbocycles. The fourth-order valence-electron chi connectivity index (χ4n) is 1.06. The standard InChI is InChI=1S/C13H17N/c1-4-10-14(3)12(2)11-13-8-6-5-7-9-13/h1,5-9,12H,10-11H2,2-3H3/t12-/m1/s1/i1D,2D3,10D2,12D. The Hall–Kier alpha value is -1.26. The molecule has 0 aromatic heterocycles. The van der Waals surface area contributed by atoms with Crippen molar-refractivity contribution in [2.24, 2.45) is 0 Å². The van der Waals surface area contributed by atoms with Gasteiger partial charge in [-0.15, -0.1) is 6.40 Å². The second kappa shape index (κ2) is 5.47. The fourth-order valence-corrected chi connectivity index (χ4v) is 1.06. The molecule has 0 fully saturated rings. The van der Waals surface area contributed by atoms with E-state index in [0.29, 0.717) is 5.56 Å². The molecule has 1 rings (SSSR count). The van der Waals surface area contributed by atoms with E-state index in [1.54, 1.807) is 36.7 Å². The Balaban J connectivity index is 3.24.